The third kappa shape index (κ3) is 10.1. The monoisotopic (exact) mass is 475 g/mol. The van der Waals surface area contributed by atoms with Crippen LogP contribution >= 0.6 is 0 Å². The molecule has 7 nitrogen and oxygen atoms in total. The molecule has 0 saturated heterocycles. The van der Waals surface area contributed by atoms with E-state index in [4.69, 9.17) is 4.74 Å². The highest BCUT2D eigenvalue weighted by molar-refractivity contribution is 5.92. The summed E-state index contributed by atoms with van der Waals surface area (Å²) in [5.41, 5.74) is 1.08. The van der Waals surface area contributed by atoms with Crippen LogP contribution in [0, 0.1) is 12.8 Å². The number of amides is 3. The number of unbranched alkanes of at least 4 members (excludes halogenated alkanes) is 1. The fourth-order valence-electron chi connectivity index (χ4n) is 3.71. The van der Waals surface area contributed by atoms with E-state index in [0.29, 0.717) is 13.0 Å². The second-order valence-corrected chi connectivity index (χ2v) is 10.7. The first-order valence-corrected chi connectivity index (χ1v) is 12.4. The van der Waals surface area contributed by atoms with Gasteiger partial charge in [-0.05, 0) is 65.9 Å². The van der Waals surface area contributed by atoms with Crippen LogP contribution in [0.3, 0.4) is 0 Å². The molecule has 2 N–H and O–H groups in total. The lowest BCUT2D eigenvalue weighted by Gasteiger charge is -2.35. The number of carbonyl (C=O) groups excluding carboxylic acids is 3. The van der Waals surface area contributed by atoms with Gasteiger partial charge in [-0.2, -0.15) is 0 Å². The van der Waals surface area contributed by atoms with E-state index in [1.165, 1.54) is 0 Å². The van der Waals surface area contributed by atoms with Crippen molar-refractivity contribution in [3.63, 3.8) is 0 Å². The fraction of sp³-hybridized carbons (Fsp3) is 0.667. The summed E-state index contributed by atoms with van der Waals surface area (Å²) in [5, 5.41) is 5.75. The van der Waals surface area contributed by atoms with Crippen molar-refractivity contribution < 1.29 is 19.1 Å². The van der Waals surface area contributed by atoms with Gasteiger partial charge < -0.3 is 20.3 Å². The zero-order valence-electron chi connectivity index (χ0n) is 22.5. The number of ether oxygens (including phenoxy) is 1. The number of nitrogens with one attached hydrogen (secondary N) is 2. The van der Waals surface area contributed by atoms with Gasteiger partial charge in [0.25, 0.3) is 0 Å². The zero-order valence-corrected chi connectivity index (χ0v) is 22.5. The lowest BCUT2D eigenvalue weighted by molar-refractivity contribution is -0.143. The minimum atomic E-state index is -0.800. The van der Waals surface area contributed by atoms with Gasteiger partial charge in [0.15, 0.2) is 0 Å². The second kappa shape index (κ2) is 13.4. The summed E-state index contributed by atoms with van der Waals surface area (Å²) >= 11 is 0. The molecule has 0 radical (unpaired) electrons. The van der Waals surface area contributed by atoms with Crippen LogP contribution in [0.15, 0.2) is 24.3 Å². The number of hydrogen-bond acceptors (Lipinski definition) is 4. The van der Waals surface area contributed by atoms with Gasteiger partial charge in [0.05, 0.1) is 0 Å². The van der Waals surface area contributed by atoms with E-state index in [-0.39, 0.29) is 23.8 Å². The molecular formula is C27H45N3O4. The number of hydrogen-bond donors (Lipinski definition) is 2. The molecule has 1 aromatic carbocycles. The van der Waals surface area contributed by atoms with Gasteiger partial charge in [-0.1, -0.05) is 57.0 Å². The highest BCUT2D eigenvalue weighted by Gasteiger charge is 2.36. The molecule has 34 heavy (non-hydrogen) atoms. The molecule has 0 bridgehead atoms. The van der Waals surface area contributed by atoms with Gasteiger partial charge in [0.2, 0.25) is 11.8 Å². The molecule has 2 unspecified atom stereocenters. The Labute approximate surface area is 206 Å². The molecule has 1 aromatic rings. The van der Waals surface area contributed by atoms with Crippen molar-refractivity contribution in [1.29, 1.82) is 0 Å². The summed E-state index contributed by atoms with van der Waals surface area (Å²) < 4.78 is 5.42. The molecule has 0 spiro atoms. The van der Waals surface area contributed by atoms with E-state index in [1.54, 1.807) is 25.7 Å². The van der Waals surface area contributed by atoms with E-state index in [0.717, 1.165) is 24.0 Å². The largest absolute Gasteiger partial charge is 0.444 e. The van der Waals surface area contributed by atoms with Gasteiger partial charge in [-0.3, -0.25) is 9.59 Å². The average molecular weight is 476 g/mol. The Morgan fingerprint density at radius 3 is 2.21 bits per heavy atom. The first kappa shape index (κ1) is 29.5. The number of rotatable bonds is 11. The van der Waals surface area contributed by atoms with Crippen LogP contribution in [0.25, 0.3) is 0 Å². The Balaban J connectivity index is 3.44. The SMILES string of the molecule is CCCCN(C(=O)C(CC(C)C)NC(=O)OC(C)(C)C)C(C(=O)NC(C)C)c1cccc(C)c1. The first-order valence-electron chi connectivity index (χ1n) is 12.4. The lowest BCUT2D eigenvalue weighted by atomic mass is 9.98. The van der Waals surface area contributed by atoms with Gasteiger partial charge in [0, 0.05) is 12.6 Å². The second-order valence-electron chi connectivity index (χ2n) is 10.7. The Hall–Kier alpha value is -2.57. The molecule has 1 rings (SSSR count). The third-order valence-electron chi connectivity index (χ3n) is 5.08. The molecule has 0 fully saturated rings. The standard InChI is InChI=1S/C27H45N3O4/c1-10-11-15-30(23(24(31)28-19(4)5)21-14-12-13-20(6)17-21)25(32)22(16-18(2)3)29-26(33)34-27(7,8)9/h12-14,17-19,22-23H,10-11,15-16H2,1-9H3,(H,28,31)(H,29,33). The Morgan fingerprint density at radius 2 is 1.71 bits per heavy atom. The molecule has 0 aliphatic carbocycles. The number of alkyl carbamates (subject to hydrolysis) is 1. The summed E-state index contributed by atoms with van der Waals surface area (Å²) in [4.78, 5) is 41.6. The molecule has 0 aromatic heterocycles. The number of benzene rings is 1. The van der Waals surface area contributed by atoms with Crippen LogP contribution in [0.2, 0.25) is 0 Å². The van der Waals surface area contributed by atoms with Crippen LogP contribution in [0.5, 0.6) is 0 Å². The van der Waals surface area contributed by atoms with Gasteiger partial charge in [-0.25, -0.2) is 4.79 Å². The maximum Gasteiger partial charge on any atom is 0.408 e. The van der Waals surface area contributed by atoms with Crippen LogP contribution in [-0.2, 0) is 14.3 Å². The fourth-order valence-corrected chi connectivity index (χ4v) is 3.71. The van der Waals surface area contributed by atoms with E-state index in [9.17, 15) is 14.4 Å². The molecule has 3 amide bonds. The smallest absolute Gasteiger partial charge is 0.408 e. The molecule has 2 atom stereocenters. The maximum atomic E-state index is 14.0. The summed E-state index contributed by atoms with van der Waals surface area (Å²) in [5.74, 6) is -0.358. The molecular weight excluding hydrogens is 430 g/mol. The predicted molar refractivity (Wildman–Crippen MR) is 136 cm³/mol. The maximum absolute atomic E-state index is 14.0. The summed E-state index contributed by atoms with van der Waals surface area (Å²) in [6.07, 6.45) is 1.40. The normalized spacial score (nSPS) is 13.4. The minimum absolute atomic E-state index is 0.0747. The summed E-state index contributed by atoms with van der Waals surface area (Å²) in [7, 11) is 0. The van der Waals surface area contributed by atoms with Crippen molar-refractivity contribution in [3.05, 3.63) is 35.4 Å². The number of aryl methyl sites for hydroxylation is 1. The van der Waals surface area contributed by atoms with Gasteiger partial charge in [0.1, 0.15) is 17.7 Å². The van der Waals surface area contributed by atoms with Gasteiger partial charge >= 0.3 is 6.09 Å². The minimum Gasteiger partial charge on any atom is -0.444 e. The molecule has 192 valence electrons. The summed E-state index contributed by atoms with van der Waals surface area (Å²) in [6, 6.07) is 6.01. The van der Waals surface area contributed by atoms with Crippen molar-refractivity contribution in [1.82, 2.24) is 15.5 Å². The van der Waals surface area contributed by atoms with E-state index < -0.39 is 23.8 Å². The number of carbonyl (C=O) groups is 3. The first-order chi connectivity index (χ1) is 15.7. The summed E-state index contributed by atoms with van der Waals surface area (Å²) in [6.45, 7) is 17.5. The number of nitrogens with zero attached hydrogens (tertiary/aromatic N) is 1. The lowest BCUT2D eigenvalue weighted by Crippen LogP contribution is -2.54. The molecule has 0 heterocycles. The van der Waals surface area contributed by atoms with E-state index >= 15 is 0 Å². The zero-order chi connectivity index (χ0) is 26.1. The van der Waals surface area contributed by atoms with E-state index in [2.05, 4.69) is 10.6 Å². The highest BCUT2D eigenvalue weighted by atomic mass is 16.6. The van der Waals surface area contributed by atoms with Crippen molar-refractivity contribution in [2.45, 2.75) is 105 Å². The Bertz CT molecular complexity index is 814. The quantitative estimate of drug-likeness (QED) is 0.464. The Kier molecular flexibility index (Phi) is 11.6. The third-order valence-corrected chi connectivity index (χ3v) is 5.08. The molecule has 7 heteroatoms. The van der Waals surface area contributed by atoms with Crippen LogP contribution in [-0.4, -0.2) is 47.0 Å². The highest BCUT2D eigenvalue weighted by Crippen LogP contribution is 2.25. The van der Waals surface area contributed by atoms with Crippen molar-refractivity contribution in [3.8, 4) is 0 Å². The van der Waals surface area contributed by atoms with Crippen molar-refractivity contribution in [2.24, 2.45) is 5.92 Å². The Morgan fingerprint density at radius 1 is 1.06 bits per heavy atom. The van der Waals surface area contributed by atoms with Gasteiger partial charge in [-0.15, -0.1) is 0 Å². The average Bonchev–Trinajstić information content (AvgIpc) is 2.67. The predicted octanol–water partition coefficient (Wildman–Crippen LogP) is 5.13. The van der Waals surface area contributed by atoms with Crippen LogP contribution in [0.1, 0.15) is 91.8 Å². The topological polar surface area (TPSA) is 87.7 Å². The molecule has 0 aliphatic heterocycles. The molecule has 0 aliphatic rings. The van der Waals surface area contributed by atoms with Crippen LogP contribution < -0.4 is 10.6 Å². The van der Waals surface area contributed by atoms with Crippen molar-refractivity contribution >= 4 is 17.9 Å². The van der Waals surface area contributed by atoms with Crippen molar-refractivity contribution in [2.75, 3.05) is 6.54 Å². The van der Waals surface area contributed by atoms with E-state index in [1.807, 2.05) is 65.8 Å². The molecule has 0 saturated carbocycles. The van der Waals surface area contributed by atoms with Crippen LogP contribution in [0.4, 0.5) is 4.79 Å².